The zero-order chi connectivity index (χ0) is 18.9. The first-order valence-electron chi connectivity index (χ1n) is 8.65. The summed E-state index contributed by atoms with van der Waals surface area (Å²) in [5.74, 6) is -0.0861. The third-order valence-electron chi connectivity index (χ3n) is 4.05. The minimum Gasteiger partial charge on any atom is -0.435 e. The molecule has 1 N–H and O–H groups in total. The smallest absolute Gasteiger partial charge is 0.387 e. The Hall–Kier alpha value is -2.47. The van der Waals surface area contributed by atoms with Crippen LogP contribution >= 0.6 is 0 Å². The van der Waals surface area contributed by atoms with E-state index in [9.17, 15) is 13.6 Å². The summed E-state index contributed by atoms with van der Waals surface area (Å²) in [5.41, 5.74) is 2.65. The van der Waals surface area contributed by atoms with Crippen molar-refractivity contribution in [3.05, 3.63) is 59.7 Å². The zero-order valence-electron chi connectivity index (χ0n) is 15.0. The molecular formula is C20H24F2N2O2. The zero-order valence-corrected chi connectivity index (χ0v) is 15.0. The lowest BCUT2D eigenvalue weighted by atomic mass is 10.1. The molecular weight excluding hydrogens is 338 g/mol. The highest BCUT2D eigenvalue weighted by atomic mass is 19.3. The number of hydrogen-bond acceptors (Lipinski definition) is 3. The van der Waals surface area contributed by atoms with Crippen molar-refractivity contribution in [1.82, 2.24) is 4.90 Å². The Kier molecular flexibility index (Phi) is 7.53. The minimum atomic E-state index is -2.85. The quantitative estimate of drug-likeness (QED) is 0.723. The van der Waals surface area contributed by atoms with Crippen LogP contribution in [0.4, 0.5) is 14.5 Å². The first-order valence-corrected chi connectivity index (χ1v) is 8.65. The second kappa shape index (κ2) is 9.87. The number of amides is 1. The lowest BCUT2D eigenvalue weighted by Gasteiger charge is -2.18. The summed E-state index contributed by atoms with van der Waals surface area (Å²) in [4.78, 5) is 14.4. The molecule has 140 valence electrons. The maximum absolute atomic E-state index is 12.1. The average Bonchev–Trinajstić information content (AvgIpc) is 2.62. The molecule has 0 aliphatic heterocycles. The third-order valence-corrected chi connectivity index (χ3v) is 4.05. The molecule has 1 amide bonds. The Morgan fingerprint density at radius 3 is 2.12 bits per heavy atom. The SMILES string of the molecule is CCN(CC)Cc1ccc(NC(=O)Cc2ccc(OC(F)F)cc2)cc1. The summed E-state index contributed by atoms with van der Waals surface area (Å²) in [7, 11) is 0. The topological polar surface area (TPSA) is 41.6 Å². The van der Waals surface area contributed by atoms with E-state index in [4.69, 9.17) is 0 Å². The Bertz CT molecular complexity index is 684. The van der Waals surface area contributed by atoms with E-state index in [0.29, 0.717) is 0 Å². The van der Waals surface area contributed by atoms with Gasteiger partial charge < -0.3 is 10.1 Å². The van der Waals surface area contributed by atoms with Crippen molar-refractivity contribution in [1.29, 1.82) is 0 Å². The monoisotopic (exact) mass is 362 g/mol. The van der Waals surface area contributed by atoms with Crippen LogP contribution in [0.25, 0.3) is 0 Å². The van der Waals surface area contributed by atoms with Gasteiger partial charge in [-0.2, -0.15) is 8.78 Å². The highest BCUT2D eigenvalue weighted by Crippen LogP contribution is 2.16. The van der Waals surface area contributed by atoms with Gasteiger partial charge in [0.1, 0.15) is 5.75 Å². The Morgan fingerprint density at radius 1 is 1.00 bits per heavy atom. The van der Waals surface area contributed by atoms with Crippen LogP contribution in [0.2, 0.25) is 0 Å². The van der Waals surface area contributed by atoms with Gasteiger partial charge in [-0.05, 0) is 48.5 Å². The van der Waals surface area contributed by atoms with E-state index in [2.05, 4.69) is 28.8 Å². The van der Waals surface area contributed by atoms with E-state index in [1.54, 1.807) is 12.1 Å². The number of nitrogens with one attached hydrogen (secondary N) is 1. The van der Waals surface area contributed by atoms with Crippen molar-refractivity contribution in [2.75, 3.05) is 18.4 Å². The Morgan fingerprint density at radius 2 is 1.58 bits per heavy atom. The number of benzene rings is 2. The number of rotatable bonds is 9. The predicted octanol–water partition coefficient (Wildman–Crippen LogP) is 4.31. The number of nitrogens with zero attached hydrogens (tertiary/aromatic N) is 1. The van der Waals surface area contributed by atoms with E-state index < -0.39 is 6.61 Å². The predicted molar refractivity (Wildman–Crippen MR) is 98.5 cm³/mol. The molecule has 0 aliphatic rings. The maximum Gasteiger partial charge on any atom is 0.387 e. The van der Waals surface area contributed by atoms with Gasteiger partial charge >= 0.3 is 6.61 Å². The molecule has 0 unspecified atom stereocenters. The molecule has 0 heterocycles. The van der Waals surface area contributed by atoms with Gasteiger partial charge in [0.25, 0.3) is 0 Å². The molecule has 0 fully saturated rings. The van der Waals surface area contributed by atoms with Crippen LogP contribution in [0.1, 0.15) is 25.0 Å². The Balaban J connectivity index is 1.87. The van der Waals surface area contributed by atoms with Crippen molar-refractivity contribution in [3.8, 4) is 5.75 Å². The number of carbonyl (C=O) groups is 1. The first-order chi connectivity index (χ1) is 12.5. The van der Waals surface area contributed by atoms with Gasteiger partial charge in [0.15, 0.2) is 0 Å². The number of ether oxygens (including phenoxy) is 1. The molecule has 0 saturated heterocycles. The van der Waals surface area contributed by atoms with Crippen molar-refractivity contribution < 1.29 is 18.3 Å². The number of hydrogen-bond donors (Lipinski definition) is 1. The fourth-order valence-electron chi connectivity index (χ4n) is 2.58. The molecule has 2 aromatic rings. The number of halogens is 2. The van der Waals surface area contributed by atoms with Gasteiger partial charge in [-0.3, -0.25) is 9.69 Å². The van der Waals surface area contributed by atoms with Crippen LogP contribution in [0, 0.1) is 0 Å². The summed E-state index contributed by atoms with van der Waals surface area (Å²) in [6.07, 6.45) is 0.163. The molecule has 0 radical (unpaired) electrons. The van der Waals surface area contributed by atoms with Crippen LogP contribution in [0.3, 0.4) is 0 Å². The van der Waals surface area contributed by atoms with Crippen molar-refractivity contribution in [2.24, 2.45) is 0 Å². The van der Waals surface area contributed by atoms with Crippen molar-refractivity contribution in [2.45, 2.75) is 33.4 Å². The number of alkyl halides is 2. The van der Waals surface area contributed by atoms with Crippen LogP contribution in [-0.4, -0.2) is 30.5 Å². The lowest BCUT2D eigenvalue weighted by Crippen LogP contribution is -2.22. The lowest BCUT2D eigenvalue weighted by molar-refractivity contribution is -0.115. The van der Waals surface area contributed by atoms with Crippen LogP contribution in [-0.2, 0) is 17.8 Å². The summed E-state index contributed by atoms with van der Waals surface area (Å²) in [6.45, 7) is 4.28. The number of anilines is 1. The van der Waals surface area contributed by atoms with Gasteiger partial charge in [-0.25, -0.2) is 0 Å². The number of carbonyl (C=O) groups excluding carboxylic acids is 1. The molecule has 0 atom stereocenters. The van der Waals surface area contributed by atoms with Crippen LogP contribution in [0.5, 0.6) is 5.75 Å². The van der Waals surface area contributed by atoms with E-state index in [0.717, 1.165) is 30.9 Å². The summed E-state index contributed by atoms with van der Waals surface area (Å²) in [5, 5.41) is 2.84. The van der Waals surface area contributed by atoms with Crippen molar-refractivity contribution >= 4 is 11.6 Å². The molecule has 26 heavy (non-hydrogen) atoms. The van der Waals surface area contributed by atoms with Gasteiger partial charge in [0.2, 0.25) is 5.91 Å². The fraction of sp³-hybridized carbons (Fsp3) is 0.350. The highest BCUT2D eigenvalue weighted by Gasteiger charge is 2.07. The van der Waals surface area contributed by atoms with Gasteiger partial charge in [-0.1, -0.05) is 38.1 Å². The van der Waals surface area contributed by atoms with E-state index in [-0.39, 0.29) is 18.1 Å². The molecule has 2 aromatic carbocycles. The summed E-state index contributed by atoms with van der Waals surface area (Å²) in [6, 6.07) is 13.8. The first kappa shape index (κ1) is 19.8. The standard InChI is InChI=1S/C20H24F2N2O2/c1-3-24(4-2)14-16-5-9-17(10-6-16)23-19(25)13-15-7-11-18(12-8-15)26-20(21)22/h5-12,20H,3-4,13-14H2,1-2H3,(H,23,25). The van der Waals surface area contributed by atoms with Crippen molar-refractivity contribution in [3.63, 3.8) is 0 Å². The molecule has 0 saturated carbocycles. The molecule has 0 bridgehead atoms. The van der Waals surface area contributed by atoms with E-state index >= 15 is 0 Å². The molecule has 0 spiro atoms. The Labute approximate surface area is 152 Å². The molecule has 2 rings (SSSR count). The van der Waals surface area contributed by atoms with E-state index in [1.165, 1.54) is 17.7 Å². The largest absolute Gasteiger partial charge is 0.435 e. The summed E-state index contributed by atoms with van der Waals surface area (Å²) >= 11 is 0. The second-order valence-electron chi connectivity index (χ2n) is 5.91. The van der Waals surface area contributed by atoms with Gasteiger partial charge in [-0.15, -0.1) is 0 Å². The van der Waals surface area contributed by atoms with Crippen LogP contribution < -0.4 is 10.1 Å². The fourth-order valence-corrected chi connectivity index (χ4v) is 2.58. The minimum absolute atomic E-state index is 0.0768. The maximum atomic E-state index is 12.1. The van der Waals surface area contributed by atoms with Gasteiger partial charge in [0.05, 0.1) is 6.42 Å². The average molecular weight is 362 g/mol. The highest BCUT2D eigenvalue weighted by molar-refractivity contribution is 5.92. The van der Waals surface area contributed by atoms with Crippen LogP contribution in [0.15, 0.2) is 48.5 Å². The summed E-state index contributed by atoms with van der Waals surface area (Å²) < 4.78 is 28.5. The molecule has 0 aromatic heterocycles. The molecule has 0 aliphatic carbocycles. The third kappa shape index (κ3) is 6.44. The second-order valence-corrected chi connectivity index (χ2v) is 5.91. The van der Waals surface area contributed by atoms with Gasteiger partial charge in [0, 0.05) is 12.2 Å². The van der Waals surface area contributed by atoms with E-state index in [1.807, 2.05) is 24.3 Å². The molecule has 6 heteroatoms. The normalized spacial score (nSPS) is 11.0. The molecule has 4 nitrogen and oxygen atoms in total.